The molecule has 2 aromatic carbocycles. The molecule has 3 fully saturated rings. The lowest BCUT2D eigenvalue weighted by Crippen LogP contribution is -2.49. The summed E-state index contributed by atoms with van der Waals surface area (Å²) in [5.74, 6) is 0.808. The van der Waals surface area contributed by atoms with Crippen molar-refractivity contribution in [3.05, 3.63) is 87.7 Å². The normalized spacial score (nSPS) is 20.2. The van der Waals surface area contributed by atoms with Crippen LogP contribution in [0.5, 0.6) is 0 Å². The zero-order valence-corrected chi connectivity index (χ0v) is 26.6. The van der Waals surface area contributed by atoms with Crippen molar-refractivity contribution >= 4 is 23.5 Å². The van der Waals surface area contributed by atoms with Gasteiger partial charge >= 0.3 is 0 Å². The second-order valence-corrected chi connectivity index (χ2v) is 13.3. The van der Waals surface area contributed by atoms with E-state index in [1.54, 1.807) is 0 Å². The summed E-state index contributed by atoms with van der Waals surface area (Å²) in [5.41, 5.74) is 5.33. The zero-order chi connectivity index (χ0) is 29.8. The Hall–Kier alpha value is -2.96. The van der Waals surface area contributed by atoms with Gasteiger partial charge in [0, 0.05) is 42.9 Å². The third-order valence-electron chi connectivity index (χ3n) is 10.2. The topological polar surface area (TPSA) is 52.6 Å². The maximum Gasteiger partial charge on any atom is 0.257 e. The maximum atomic E-state index is 14.0. The fraction of sp³-hybridized carbons (Fsp3) is 0.528. The molecule has 2 saturated heterocycles. The van der Waals surface area contributed by atoms with Gasteiger partial charge in [0.2, 0.25) is 5.95 Å². The van der Waals surface area contributed by atoms with Crippen LogP contribution in [0.3, 0.4) is 0 Å². The molecule has 3 aliphatic rings. The Balaban J connectivity index is 1.21. The van der Waals surface area contributed by atoms with Crippen LogP contribution >= 0.6 is 11.6 Å². The molecule has 228 valence electrons. The van der Waals surface area contributed by atoms with Gasteiger partial charge in [-0.25, -0.2) is 9.97 Å². The van der Waals surface area contributed by atoms with E-state index in [0.717, 1.165) is 68.4 Å². The van der Waals surface area contributed by atoms with Gasteiger partial charge < -0.3 is 14.7 Å². The van der Waals surface area contributed by atoms with Crippen LogP contribution in [0.4, 0.5) is 5.95 Å². The molecule has 43 heavy (non-hydrogen) atoms. The van der Waals surface area contributed by atoms with Crippen molar-refractivity contribution in [2.24, 2.45) is 0 Å². The van der Waals surface area contributed by atoms with Crippen molar-refractivity contribution in [3.8, 4) is 0 Å². The number of hydrogen-bond acceptors (Lipinski definition) is 5. The molecule has 2 aliphatic heterocycles. The van der Waals surface area contributed by atoms with Crippen molar-refractivity contribution in [3.63, 3.8) is 0 Å². The number of likely N-dealkylation sites (tertiary alicyclic amines) is 1. The maximum absolute atomic E-state index is 14.0. The summed E-state index contributed by atoms with van der Waals surface area (Å²) in [5, 5.41) is 0.746. The predicted octanol–water partition coefficient (Wildman–Crippen LogP) is 7.43. The van der Waals surface area contributed by atoms with Crippen molar-refractivity contribution < 1.29 is 4.79 Å². The summed E-state index contributed by atoms with van der Waals surface area (Å²) in [6.45, 7) is 4.65. The summed E-state index contributed by atoms with van der Waals surface area (Å²) < 4.78 is 0. The monoisotopic (exact) mass is 599 g/mol. The lowest BCUT2D eigenvalue weighted by Gasteiger charge is -2.41. The van der Waals surface area contributed by atoms with Crippen molar-refractivity contribution in [1.29, 1.82) is 0 Å². The average Bonchev–Trinajstić information content (AvgIpc) is 3.55. The van der Waals surface area contributed by atoms with Crippen LogP contribution in [0.15, 0.2) is 54.7 Å². The fourth-order valence-electron chi connectivity index (χ4n) is 7.53. The Bertz CT molecular complexity index is 1380. The Kier molecular flexibility index (Phi) is 9.64. The Morgan fingerprint density at radius 3 is 2.35 bits per heavy atom. The van der Waals surface area contributed by atoms with E-state index in [2.05, 4.69) is 60.2 Å². The van der Waals surface area contributed by atoms with E-state index in [1.807, 2.05) is 23.2 Å². The molecular weight excluding hydrogens is 554 g/mol. The quantitative estimate of drug-likeness (QED) is 0.269. The molecule has 7 heteroatoms. The molecule has 0 unspecified atom stereocenters. The lowest BCUT2D eigenvalue weighted by molar-refractivity contribution is 0.0557. The molecule has 1 aliphatic carbocycles. The van der Waals surface area contributed by atoms with Crippen LogP contribution in [0.1, 0.15) is 96.6 Å². The van der Waals surface area contributed by atoms with Gasteiger partial charge in [-0.2, -0.15) is 0 Å². The number of carbonyl (C=O) groups is 1. The van der Waals surface area contributed by atoms with E-state index in [1.165, 1.54) is 48.8 Å². The predicted molar refractivity (Wildman–Crippen MR) is 175 cm³/mol. The summed E-state index contributed by atoms with van der Waals surface area (Å²) in [6, 6.07) is 18.1. The summed E-state index contributed by atoms with van der Waals surface area (Å²) in [4.78, 5) is 31.0. The SMILES string of the molecule is Cc1ccccc1CCc1nc(N2CCC[C@H]2c2ccc(Cl)cc2)ncc1C(=O)N1CCC(N(C)C2CCCCC2)CC1. The largest absolute Gasteiger partial charge is 0.338 e. The molecule has 1 atom stereocenters. The van der Waals surface area contributed by atoms with Crippen molar-refractivity contribution in [2.45, 2.75) is 95.7 Å². The summed E-state index contributed by atoms with van der Waals surface area (Å²) >= 11 is 6.18. The smallest absolute Gasteiger partial charge is 0.257 e. The number of piperidine rings is 1. The van der Waals surface area contributed by atoms with E-state index in [0.29, 0.717) is 24.1 Å². The number of anilines is 1. The van der Waals surface area contributed by atoms with Crippen LogP contribution in [0.2, 0.25) is 5.02 Å². The number of aryl methyl sites for hydroxylation is 3. The highest BCUT2D eigenvalue weighted by Crippen LogP contribution is 2.35. The van der Waals surface area contributed by atoms with Gasteiger partial charge in [0.15, 0.2) is 0 Å². The Morgan fingerprint density at radius 1 is 0.884 bits per heavy atom. The van der Waals surface area contributed by atoms with Crippen molar-refractivity contribution in [2.75, 3.05) is 31.6 Å². The second kappa shape index (κ2) is 13.8. The highest BCUT2D eigenvalue weighted by atomic mass is 35.5. The number of carbonyl (C=O) groups excluding carboxylic acids is 1. The van der Waals surface area contributed by atoms with Gasteiger partial charge in [0.25, 0.3) is 5.91 Å². The van der Waals surface area contributed by atoms with Crippen molar-refractivity contribution in [1.82, 2.24) is 19.8 Å². The first-order valence-electron chi connectivity index (χ1n) is 16.4. The van der Waals surface area contributed by atoms with Crippen LogP contribution in [-0.2, 0) is 12.8 Å². The number of nitrogens with zero attached hydrogens (tertiary/aromatic N) is 5. The molecule has 0 spiro atoms. The minimum absolute atomic E-state index is 0.0841. The van der Waals surface area contributed by atoms with Crippen LogP contribution in [0, 0.1) is 6.92 Å². The first kappa shape index (κ1) is 30.1. The number of hydrogen-bond donors (Lipinski definition) is 0. The molecule has 6 nitrogen and oxygen atoms in total. The molecule has 0 radical (unpaired) electrons. The molecule has 1 aromatic heterocycles. The first-order valence-corrected chi connectivity index (χ1v) is 16.8. The average molecular weight is 600 g/mol. The zero-order valence-electron chi connectivity index (χ0n) is 25.8. The Morgan fingerprint density at radius 2 is 1.60 bits per heavy atom. The first-order chi connectivity index (χ1) is 21.0. The third-order valence-corrected chi connectivity index (χ3v) is 10.5. The molecule has 6 rings (SSSR count). The van der Waals surface area contributed by atoms with E-state index in [9.17, 15) is 4.79 Å². The lowest BCUT2D eigenvalue weighted by atomic mass is 9.91. The minimum atomic E-state index is 0.0841. The summed E-state index contributed by atoms with van der Waals surface area (Å²) in [6.07, 6.45) is 14.3. The molecule has 3 aromatic rings. The highest BCUT2D eigenvalue weighted by molar-refractivity contribution is 6.30. The molecular formula is C36H46ClN5O. The number of rotatable bonds is 8. The van der Waals surface area contributed by atoms with Crippen LogP contribution in [-0.4, -0.2) is 64.4 Å². The fourth-order valence-corrected chi connectivity index (χ4v) is 7.65. The summed E-state index contributed by atoms with van der Waals surface area (Å²) in [7, 11) is 2.31. The number of amides is 1. The van der Waals surface area contributed by atoms with E-state index in [4.69, 9.17) is 21.6 Å². The van der Waals surface area contributed by atoms with E-state index < -0.39 is 0 Å². The van der Waals surface area contributed by atoms with Gasteiger partial charge in [-0.3, -0.25) is 4.79 Å². The Labute approximate surface area is 262 Å². The van der Waals surface area contributed by atoms with Gasteiger partial charge in [-0.15, -0.1) is 0 Å². The molecule has 1 saturated carbocycles. The molecule has 0 N–H and O–H groups in total. The molecule has 3 heterocycles. The minimum Gasteiger partial charge on any atom is -0.338 e. The number of benzene rings is 2. The van der Waals surface area contributed by atoms with E-state index >= 15 is 0 Å². The van der Waals surface area contributed by atoms with Gasteiger partial charge in [0.05, 0.1) is 17.3 Å². The molecule has 1 amide bonds. The molecule has 0 bridgehead atoms. The third kappa shape index (κ3) is 6.91. The van der Waals surface area contributed by atoms with Crippen LogP contribution < -0.4 is 4.90 Å². The standard InChI is InChI=1S/C36H46ClN5O/c1-26-9-6-7-10-27(26)16-19-33-32(35(43)41-23-20-31(21-24-41)40(2)30-11-4-3-5-12-30)25-38-36(39-33)42-22-8-13-34(42)28-14-17-29(37)18-15-28/h6-7,9-10,14-15,17-18,25,30-31,34H,3-5,8,11-13,16,19-24H2,1-2H3/t34-/m0/s1. The number of aromatic nitrogens is 2. The van der Waals surface area contributed by atoms with Gasteiger partial charge in [0.1, 0.15) is 0 Å². The van der Waals surface area contributed by atoms with Gasteiger partial charge in [-0.1, -0.05) is 67.3 Å². The van der Waals surface area contributed by atoms with E-state index in [-0.39, 0.29) is 11.9 Å². The van der Waals surface area contributed by atoms with Gasteiger partial charge in [-0.05, 0) is 94.2 Å². The highest BCUT2D eigenvalue weighted by Gasteiger charge is 2.32. The van der Waals surface area contributed by atoms with Crippen LogP contribution in [0.25, 0.3) is 0 Å². The number of halogens is 1. The second-order valence-electron chi connectivity index (χ2n) is 12.8.